The van der Waals surface area contributed by atoms with E-state index in [1.54, 1.807) is 6.20 Å². The first-order valence-electron chi connectivity index (χ1n) is 9.47. The van der Waals surface area contributed by atoms with E-state index in [4.69, 9.17) is 16.3 Å². The molecule has 0 bridgehead atoms. The van der Waals surface area contributed by atoms with Crippen LogP contribution in [0.5, 0.6) is 5.75 Å². The van der Waals surface area contributed by atoms with Crippen molar-refractivity contribution in [2.75, 3.05) is 13.1 Å². The first-order chi connectivity index (χ1) is 13.7. The van der Waals surface area contributed by atoms with E-state index in [1.165, 1.54) is 0 Å². The smallest absolute Gasteiger partial charge is 0.317 e. The number of piperidine rings is 1. The Morgan fingerprint density at radius 2 is 1.86 bits per heavy atom. The lowest BCUT2D eigenvalue weighted by Crippen LogP contribution is -2.46. The number of rotatable bonds is 4. The minimum Gasteiger partial charge on any atom is -0.488 e. The van der Waals surface area contributed by atoms with E-state index in [0.717, 1.165) is 35.1 Å². The number of ether oxygens (including phenoxy) is 1. The largest absolute Gasteiger partial charge is 0.488 e. The molecule has 6 heteroatoms. The Labute approximate surface area is 169 Å². The van der Waals surface area contributed by atoms with Crippen molar-refractivity contribution in [3.63, 3.8) is 0 Å². The van der Waals surface area contributed by atoms with Gasteiger partial charge in [-0.2, -0.15) is 0 Å². The third-order valence-corrected chi connectivity index (χ3v) is 5.23. The second kappa shape index (κ2) is 8.48. The summed E-state index contributed by atoms with van der Waals surface area (Å²) in [6.45, 7) is 1.85. The summed E-state index contributed by atoms with van der Waals surface area (Å²) in [4.78, 5) is 18.7. The van der Waals surface area contributed by atoms with E-state index in [2.05, 4.69) is 10.3 Å². The summed E-state index contributed by atoms with van der Waals surface area (Å²) in [5.41, 5.74) is 1.91. The van der Waals surface area contributed by atoms with Crippen LogP contribution < -0.4 is 10.1 Å². The number of hydrogen-bond donors (Lipinski definition) is 1. The van der Waals surface area contributed by atoms with Crippen molar-refractivity contribution in [3.05, 3.63) is 71.4 Å². The first kappa shape index (κ1) is 18.6. The van der Waals surface area contributed by atoms with Crippen molar-refractivity contribution >= 4 is 28.5 Å². The molecule has 5 nitrogen and oxygen atoms in total. The number of carbonyl (C=O) groups excluding carboxylic acids is 1. The molecule has 1 fully saturated rings. The van der Waals surface area contributed by atoms with E-state index in [9.17, 15) is 4.79 Å². The summed E-state index contributed by atoms with van der Waals surface area (Å²) in [6.07, 6.45) is 3.48. The molecule has 28 heavy (non-hydrogen) atoms. The lowest BCUT2D eigenvalue weighted by atomic mass is 10.1. The first-order valence-corrected chi connectivity index (χ1v) is 9.84. The molecular weight excluding hydrogens is 374 g/mol. The highest BCUT2D eigenvalue weighted by Crippen LogP contribution is 2.26. The number of likely N-dealkylation sites (tertiary alicyclic amines) is 1. The highest BCUT2D eigenvalue weighted by molar-refractivity contribution is 6.30. The monoisotopic (exact) mass is 395 g/mol. The lowest BCUT2D eigenvalue weighted by molar-refractivity contribution is 0.112. The molecule has 2 aromatic carbocycles. The highest BCUT2D eigenvalue weighted by atomic mass is 35.5. The fraction of sp³-hybridized carbons (Fsp3) is 0.273. The number of amides is 2. The van der Waals surface area contributed by atoms with Crippen molar-refractivity contribution in [1.82, 2.24) is 15.2 Å². The quantitative estimate of drug-likeness (QED) is 0.700. The van der Waals surface area contributed by atoms with Gasteiger partial charge in [0.1, 0.15) is 17.4 Å². The molecule has 1 N–H and O–H groups in total. The summed E-state index contributed by atoms with van der Waals surface area (Å²) in [7, 11) is 0. The topological polar surface area (TPSA) is 54.5 Å². The fourth-order valence-electron chi connectivity index (χ4n) is 3.42. The highest BCUT2D eigenvalue weighted by Gasteiger charge is 2.24. The van der Waals surface area contributed by atoms with E-state index in [-0.39, 0.29) is 12.1 Å². The summed E-state index contributed by atoms with van der Waals surface area (Å²) < 4.78 is 6.20. The van der Waals surface area contributed by atoms with Gasteiger partial charge in [-0.15, -0.1) is 0 Å². The van der Waals surface area contributed by atoms with Gasteiger partial charge in [-0.05, 0) is 29.8 Å². The number of nitrogens with zero attached hydrogens (tertiary/aromatic N) is 2. The van der Waals surface area contributed by atoms with Crippen LogP contribution in [0.1, 0.15) is 18.4 Å². The molecule has 144 valence electrons. The molecule has 0 unspecified atom stereocenters. The van der Waals surface area contributed by atoms with E-state index in [0.29, 0.717) is 24.7 Å². The van der Waals surface area contributed by atoms with E-state index in [1.807, 2.05) is 59.5 Å². The number of nitrogens with one attached hydrogen (secondary N) is 1. The number of carbonyl (C=O) groups is 1. The second-order valence-corrected chi connectivity index (χ2v) is 7.36. The third-order valence-electron chi connectivity index (χ3n) is 4.98. The van der Waals surface area contributed by atoms with Crippen molar-refractivity contribution < 1.29 is 9.53 Å². The number of aromatic nitrogens is 1. The normalized spacial score (nSPS) is 14.8. The summed E-state index contributed by atoms with van der Waals surface area (Å²) in [5, 5.41) is 4.73. The minimum atomic E-state index is -0.0415. The van der Waals surface area contributed by atoms with Crippen LogP contribution in [0.2, 0.25) is 5.02 Å². The van der Waals surface area contributed by atoms with Crippen molar-refractivity contribution in [2.45, 2.75) is 25.5 Å². The molecule has 0 radical (unpaired) electrons. The average Bonchev–Trinajstić information content (AvgIpc) is 2.74. The molecule has 4 rings (SSSR count). The molecule has 1 aromatic heterocycles. The SMILES string of the molecule is O=C(NCc1ccc(Cl)cc1)N1CCC(Oc2cccc3cccnc23)CC1. The average molecular weight is 396 g/mol. The number of halogens is 1. The zero-order valence-electron chi connectivity index (χ0n) is 15.5. The Kier molecular flexibility index (Phi) is 5.63. The third kappa shape index (κ3) is 4.37. The summed E-state index contributed by atoms with van der Waals surface area (Å²) in [6, 6.07) is 17.4. The van der Waals surface area contributed by atoms with Crippen LogP contribution in [-0.2, 0) is 6.54 Å². The van der Waals surface area contributed by atoms with Crippen LogP contribution in [0.3, 0.4) is 0 Å². The van der Waals surface area contributed by atoms with Gasteiger partial charge in [-0.3, -0.25) is 4.98 Å². The molecule has 0 atom stereocenters. The Morgan fingerprint density at radius 1 is 1.11 bits per heavy atom. The van der Waals surface area contributed by atoms with Crippen LogP contribution in [0, 0.1) is 0 Å². The molecule has 2 amide bonds. The standard InChI is InChI=1S/C22H22ClN3O2/c23-18-8-6-16(7-9-18)15-25-22(27)26-13-10-19(11-14-26)28-20-5-1-3-17-4-2-12-24-21(17)20/h1-9,12,19H,10-11,13-15H2,(H,25,27). The molecule has 1 saturated heterocycles. The number of benzene rings is 2. The van der Waals surface area contributed by atoms with Crippen LogP contribution in [-0.4, -0.2) is 35.1 Å². The van der Waals surface area contributed by atoms with Crippen molar-refractivity contribution in [1.29, 1.82) is 0 Å². The van der Waals surface area contributed by atoms with Crippen LogP contribution in [0.25, 0.3) is 10.9 Å². The second-order valence-electron chi connectivity index (χ2n) is 6.92. The van der Waals surface area contributed by atoms with Gasteiger partial charge in [0.25, 0.3) is 0 Å². The number of fused-ring (bicyclic) bond motifs is 1. The van der Waals surface area contributed by atoms with Crippen molar-refractivity contribution in [2.24, 2.45) is 0 Å². The lowest BCUT2D eigenvalue weighted by Gasteiger charge is -2.32. The van der Waals surface area contributed by atoms with Crippen LogP contribution >= 0.6 is 11.6 Å². The maximum Gasteiger partial charge on any atom is 0.317 e. The Balaban J connectivity index is 1.29. The van der Waals surface area contributed by atoms with Gasteiger partial charge in [0.15, 0.2) is 0 Å². The number of para-hydroxylation sites is 1. The van der Waals surface area contributed by atoms with Crippen molar-refractivity contribution in [3.8, 4) is 5.75 Å². The molecule has 1 aliphatic rings. The maximum atomic E-state index is 12.4. The van der Waals surface area contributed by atoms with E-state index >= 15 is 0 Å². The van der Waals surface area contributed by atoms with E-state index < -0.39 is 0 Å². The molecule has 3 aromatic rings. The van der Waals surface area contributed by atoms with Crippen LogP contribution in [0.15, 0.2) is 60.8 Å². The van der Waals surface area contributed by atoms with Gasteiger partial charge in [0.05, 0.1) is 0 Å². The maximum absolute atomic E-state index is 12.4. The van der Waals surface area contributed by atoms with Gasteiger partial charge < -0.3 is 15.0 Å². The molecular formula is C22H22ClN3O2. The Bertz CT molecular complexity index is 948. The number of urea groups is 1. The molecule has 0 spiro atoms. The molecule has 1 aliphatic heterocycles. The van der Waals surface area contributed by atoms with Crippen LogP contribution in [0.4, 0.5) is 4.79 Å². The predicted octanol–water partition coefficient (Wildman–Crippen LogP) is 4.64. The van der Waals surface area contributed by atoms with Gasteiger partial charge in [-0.25, -0.2) is 4.79 Å². The summed E-state index contributed by atoms with van der Waals surface area (Å²) in [5.74, 6) is 0.809. The molecule has 2 heterocycles. The number of pyridine rings is 1. The summed E-state index contributed by atoms with van der Waals surface area (Å²) >= 11 is 5.89. The van der Waals surface area contributed by atoms with Gasteiger partial charge >= 0.3 is 6.03 Å². The molecule has 0 saturated carbocycles. The van der Waals surface area contributed by atoms with Gasteiger partial charge in [-0.1, -0.05) is 41.9 Å². The van der Waals surface area contributed by atoms with Gasteiger partial charge in [0, 0.05) is 49.1 Å². The van der Waals surface area contributed by atoms with Gasteiger partial charge in [0.2, 0.25) is 0 Å². The zero-order valence-corrected chi connectivity index (χ0v) is 16.2. The fourth-order valence-corrected chi connectivity index (χ4v) is 3.55. The Morgan fingerprint density at radius 3 is 2.64 bits per heavy atom. The zero-order chi connectivity index (χ0) is 19.3. The Hall–Kier alpha value is -2.79. The predicted molar refractivity (Wildman–Crippen MR) is 111 cm³/mol. The molecule has 0 aliphatic carbocycles. The number of hydrogen-bond acceptors (Lipinski definition) is 3. The minimum absolute atomic E-state index is 0.0415.